The normalized spacial score (nSPS) is 13.2. The van der Waals surface area contributed by atoms with Crippen molar-refractivity contribution in [2.45, 2.75) is 23.6 Å². The highest BCUT2D eigenvalue weighted by molar-refractivity contribution is 7.86. The van der Waals surface area contributed by atoms with Crippen LogP contribution in [0, 0.1) is 5.41 Å². The lowest BCUT2D eigenvalue weighted by Crippen LogP contribution is -2.32. The van der Waals surface area contributed by atoms with Gasteiger partial charge in [-0.1, -0.05) is 38.1 Å². The van der Waals surface area contributed by atoms with Crippen LogP contribution in [0.25, 0.3) is 0 Å². The number of nitrogens with two attached hydrogens (primary N) is 1. The lowest BCUT2D eigenvalue weighted by molar-refractivity contribution is 0.0980. The Hall–Kier alpha value is -4.68. The first kappa shape index (κ1) is 32.7. The van der Waals surface area contributed by atoms with E-state index in [0.717, 1.165) is 6.07 Å². The molecule has 0 unspecified atom stereocenters. The van der Waals surface area contributed by atoms with Crippen molar-refractivity contribution in [3.05, 3.63) is 82.1 Å². The van der Waals surface area contributed by atoms with Crippen LogP contribution in [0.15, 0.2) is 64.4 Å². The number of carbonyl (C=O) groups is 2. The second-order valence-corrected chi connectivity index (χ2v) is 14.2. The Balaban J connectivity index is 1.36. The van der Waals surface area contributed by atoms with Crippen molar-refractivity contribution in [1.29, 1.82) is 0 Å². The summed E-state index contributed by atoms with van der Waals surface area (Å²) in [5.74, 6) is -1.07. The van der Waals surface area contributed by atoms with Gasteiger partial charge in [0.05, 0.1) is 21.7 Å². The fourth-order valence-electron chi connectivity index (χ4n) is 4.69. The summed E-state index contributed by atoms with van der Waals surface area (Å²) in [6.07, 6.45) is 0. The molecule has 4 aromatic rings. The number of halogens is 1. The number of rotatable bonds is 10. The summed E-state index contributed by atoms with van der Waals surface area (Å²) in [5, 5.41) is 8.79. The van der Waals surface area contributed by atoms with E-state index in [1.807, 2.05) is 13.8 Å². The first-order valence-electron chi connectivity index (χ1n) is 13.3. The molecule has 1 aliphatic carbocycles. The molecule has 0 aliphatic heterocycles. The Morgan fingerprint density at radius 3 is 1.96 bits per heavy atom. The van der Waals surface area contributed by atoms with Crippen molar-refractivity contribution < 1.29 is 35.5 Å². The fourth-order valence-corrected chi connectivity index (χ4v) is 5.97. The van der Waals surface area contributed by atoms with Gasteiger partial charge >= 0.3 is 0 Å². The molecule has 0 bridgehead atoms. The number of fused-ring (bicyclic) bond motifs is 2. The van der Waals surface area contributed by atoms with E-state index in [0.29, 0.717) is 5.69 Å². The molecule has 7 N–H and O–H groups in total. The molecule has 0 atom stereocenters. The van der Waals surface area contributed by atoms with Gasteiger partial charge in [-0.05, 0) is 47.3 Å². The molecule has 0 radical (unpaired) electrons. The number of aromatic nitrogens is 3. The first-order valence-corrected chi connectivity index (χ1v) is 16.6. The summed E-state index contributed by atoms with van der Waals surface area (Å²) >= 11 is 6.08. The van der Waals surface area contributed by atoms with Crippen LogP contribution in [0.4, 0.5) is 29.0 Å². The van der Waals surface area contributed by atoms with E-state index in [1.165, 1.54) is 36.4 Å². The van der Waals surface area contributed by atoms with Gasteiger partial charge in [-0.2, -0.15) is 31.8 Å². The predicted molar refractivity (Wildman–Crippen MR) is 169 cm³/mol. The Bertz CT molecular complexity index is 2120. The minimum absolute atomic E-state index is 0.00698. The van der Waals surface area contributed by atoms with Gasteiger partial charge in [0.15, 0.2) is 11.6 Å². The van der Waals surface area contributed by atoms with Crippen molar-refractivity contribution >= 4 is 72.4 Å². The zero-order valence-electron chi connectivity index (χ0n) is 24.1. The Kier molecular flexibility index (Phi) is 8.47. The zero-order chi connectivity index (χ0) is 33.6. The predicted octanol–water partition coefficient (Wildman–Crippen LogP) is 3.67. The summed E-state index contributed by atoms with van der Waals surface area (Å²) in [6, 6.07) is 12.3. The number of anilines is 5. The zero-order valence-corrected chi connectivity index (χ0v) is 26.5. The average Bonchev–Trinajstić information content (AvgIpc) is 2.97. The molecule has 46 heavy (non-hydrogen) atoms. The van der Waals surface area contributed by atoms with Crippen LogP contribution < -0.4 is 21.7 Å². The Morgan fingerprint density at radius 2 is 1.37 bits per heavy atom. The minimum atomic E-state index is -4.87. The number of nitrogens with one attached hydrogen (secondary N) is 3. The van der Waals surface area contributed by atoms with Crippen molar-refractivity contribution in [2.75, 3.05) is 34.8 Å². The maximum atomic E-state index is 13.5. The van der Waals surface area contributed by atoms with Crippen LogP contribution in [0.3, 0.4) is 0 Å². The fraction of sp³-hybridized carbons (Fsp3) is 0.179. The van der Waals surface area contributed by atoms with Crippen molar-refractivity contribution in [2.24, 2.45) is 5.41 Å². The van der Waals surface area contributed by atoms with Crippen LogP contribution in [-0.2, 0) is 20.2 Å². The molecule has 1 aromatic heterocycles. The number of ketones is 2. The highest BCUT2D eigenvalue weighted by atomic mass is 35.5. The molecule has 1 heterocycles. The van der Waals surface area contributed by atoms with E-state index >= 15 is 0 Å². The molecular formula is C28H26ClN7O8S2. The number of nitrogens with zero attached hydrogens (tertiary/aromatic N) is 3. The number of carbonyl (C=O) groups excluding carboxylic acids is 2. The van der Waals surface area contributed by atoms with Crippen LogP contribution in [-0.4, -0.2) is 65.5 Å². The van der Waals surface area contributed by atoms with E-state index in [9.17, 15) is 31.0 Å². The molecule has 18 heteroatoms. The van der Waals surface area contributed by atoms with E-state index in [-0.39, 0.29) is 63.1 Å². The summed E-state index contributed by atoms with van der Waals surface area (Å²) in [4.78, 5) is 38.2. The smallest absolute Gasteiger partial charge is 0.296 e. The third kappa shape index (κ3) is 6.77. The lowest BCUT2D eigenvalue weighted by Gasteiger charge is -2.28. The molecule has 240 valence electrons. The van der Waals surface area contributed by atoms with Crippen molar-refractivity contribution in [3.63, 3.8) is 0 Å². The van der Waals surface area contributed by atoms with E-state index in [1.54, 1.807) is 12.1 Å². The molecule has 5 rings (SSSR count). The number of hydrogen-bond donors (Lipinski definition) is 6. The Morgan fingerprint density at radius 1 is 0.804 bits per heavy atom. The van der Waals surface area contributed by atoms with E-state index < -0.39 is 47.8 Å². The van der Waals surface area contributed by atoms with Gasteiger partial charge in [-0.3, -0.25) is 18.7 Å². The SMILES string of the molecule is CC(C)(CNc1nc(Cl)nc(Nc2ccc(S(=O)(=O)O)cc2)n1)CNc1cc(S(=O)(=O)O)c(N)c2c1C(=O)c1ccccc1C2=O. The molecule has 0 fully saturated rings. The molecule has 0 saturated carbocycles. The molecule has 3 aromatic carbocycles. The largest absolute Gasteiger partial charge is 0.397 e. The average molecular weight is 688 g/mol. The second-order valence-electron chi connectivity index (χ2n) is 11.0. The van der Waals surface area contributed by atoms with Crippen LogP contribution in [0.2, 0.25) is 5.28 Å². The topological polar surface area (TPSA) is 244 Å². The molecule has 0 spiro atoms. The molecule has 1 aliphatic rings. The third-order valence-corrected chi connectivity index (χ3v) is 8.91. The maximum absolute atomic E-state index is 13.5. The summed E-state index contributed by atoms with van der Waals surface area (Å²) in [5.41, 5.74) is 5.03. The summed E-state index contributed by atoms with van der Waals surface area (Å²) in [6.45, 7) is 4.00. The molecule has 15 nitrogen and oxygen atoms in total. The first-order chi connectivity index (χ1) is 21.4. The van der Waals surface area contributed by atoms with E-state index in [2.05, 4.69) is 30.9 Å². The minimum Gasteiger partial charge on any atom is -0.397 e. The van der Waals surface area contributed by atoms with Crippen molar-refractivity contribution in [3.8, 4) is 0 Å². The highest BCUT2D eigenvalue weighted by Gasteiger charge is 2.36. The lowest BCUT2D eigenvalue weighted by atomic mass is 9.82. The summed E-state index contributed by atoms with van der Waals surface area (Å²) in [7, 11) is -9.23. The van der Waals surface area contributed by atoms with Gasteiger partial charge in [0.1, 0.15) is 4.90 Å². The third-order valence-electron chi connectivity index (χ3n) is 6.98. The molecule has 0 amide bonds. The van der Waals surface area contributed by atoms with Gasteiger partial charge in [-0.15, -0.1) is 0 Å². The van der Waals surface area contributed by atoms with Gasteiger partial charge in [0.2, 0.25) is 17.2 Å². The monoisotopic (exact) mass is 687 g/mol. The number of benzene rings is 3. The van der Waals surface area contributed by atoms with Crippen molar-refractivity contribution in [1.82, 2.24) is 15.0 Å². The highest BCUT2D eigenvalue weighted by Crippen LogP contribution is 2.39. The van der Waals surface area contributed by atoms with Gasteiger partial charge in [0, 0.05) is 35.6 Å². The standard InChI is InChI=1S/C28H26ClN7O8S2/c1-28(2,13-32-26-34-25(29)35-27(36-26)33-14-7-9-15(10-8-14)45(39,40)41)12-31-18-11-19(46(42,43)44)22(30)21-20(18)23(37)16-5-3-4-6-17(16)24(21)38/h3-11,31H,12-13,30H2,1-2H3,(H,39,40,41)(H,42,43,44)(H2,32,33,34,35,36). The van der Waals surface area contributed by atoms with Crippen LogP contribution in [0.1, 0.15) is 45.7 Å². The van der Waals surface area contributed by atoms with Crippen LogP contribution in [0.5, 0.6) is 0 Å². The number of nitrogen functional groups attached to an aromatic ring is 1. The van der Waals surface area contributed by atoms with Gasteiger partial charge in [-0.25, -0.2) is 0 Å². The van der Waals surface area contributed by atoms with Gasteiger partial charge in [0.25, 0.3) is 20.2 Å². The molecular weight excluding hydrogens is 662 g/mol. The second kappa shape index (κ2) is 11.9. The van der Waals surface area contributed by atoms with Gasteiger partial charge < -0.3 is 21.7 Å². The number of hydrogen-bond acceptors (Lipinski definition) is 13. The molecule has 0 saturated heterocycles. The maximum Gasteiger partial charge on any atom is 0.296 e. The van der Waals surface area contributed by atoms with Crippen LogP contribution >= 0.6 is 11.6 Å². The van der Waals surface area contributed by atoms with E-state index in [4.69, 9.17) is 21.9 Å². The quantitative estimate of drug-likeness (QED) is 0.0906. The summed E-state index contributed by atoms with van der Waals surface area (Å²) < 4.78 is 65.9. The Labute approximate surface area is 268 Å².